The second kappa shape index (κ2) is 12.4. The number of pyridine rings is 2. The fraction of sp³-hybridized carbons (Fsp3) is 0.320. The Labute approximate surface area is 204 Å². The lowest BCUT2D eigenvalue weighted by Crippen LogP contribution is -2.36. The molecule has 0 radical (unpaired) electrons. The van der Waals surface area contributed by atoms with Gasteiger partial charge in [-0.2, -0.15) is 10.1 Å². The zero-order valence-electron chi connectivity index (χ0n) is 19.7. The summed E-state index contributed by atoms with van der Waals surface area (Å²) in [5.41, 5.74) is 3.84. The number of aryl methyl sites for hydroxylation is 1. The van der Waals surface area contributed by atoms with Gasteiger partial charge in [0.25, 0.3) is 0 Å². The topological polar surface area (TPSA) is 113 Å². The molecule has 3 aromatic rings. The number of amides is 2. The number of benzene rings is 1. The van der Waals surface area contributed by atoms with Crippen LogP contribution in [0.25, 0.3) is 0 Å². The molecule has 35 heavy (non-hydrogen) atoms. The predicted molar refractivity (Wildman–Crippen MR) is 133 cm³/mol. The molecule has 182 valence electrons. The molecule has 0 atom stereocenters. The average molecular weight is 476 g/mol. The summed E-state index contributed by atoms with van der Waals surface area (Å²) < 4.78 is 11.3. The maximum atomic E-state index is 12.0. The van der Waals surface area contributed by atoms with Crippen LogP contribution in [0.3, 0.4) is 0 Å². The largest absolute Gasteiger partial charge is 0.476 e. The monoisotopic (exact) mass is 475 g/mol. The van der Waals surface area contributed by atoms with Gasteiger partial charge < -0.3 is 25.0 Å². The third-order valence-corrected chi connectivity index (χ3v) is 5.22. The first-order chi connectivity index (χ1) is 17.2. The van der Waals surface area contributed by atoms with Crippen LogP contribution < -0.4 is 20.3 Å². The van der Waals surface area contributed by atoms with Crippen LogP contribution in [0.5, 0.6) is 5.88 Å². The fourth-order valence-corrected chi connectivity index (χ4v) is 3.54. The van der Waals surface area contributed by atoms with Gasteiger partial charge in [0.1, 0.15) is 6.61 Å². The lowest BCUT2D eigenvalue weighted by molar-refractivity contribution is 0.122. The number of anilines is 2. The SMILES string of the molecule is Cc1cccc(CN=Nc2cc(N3CCOCC3)cc(OCCNC(=O)Nc3cccnc3)n2)c1. The first-order valence-electron chi connectivity index (χ1n) is 11.5. The molecule has 0 saturated carbocycles. The molecule has 10 heteroatoms. The van der Waals surface area contributed by atoms with Gasteiger partial charge >= 0.3 is 6.03 Å². The second-order valence-electron chi connectivity index (χ2n) is 7.98. The molecular formula is C25H29N7O3. The molecule has 1 fully saturated rings. The van der Waals surface area contributed by atoms with Crippen LogP contribution in [0.4, 0.5) is 22.0 Å². The Morgan fingerprint density at radius 1 is 1.17 bits per heavy atom. The first kappa shape index (κ1) is 24.1. The minimum absolute atomic E-state index is 0.250. The van der Waals surface area contributed by atoms with Gasteiger partial charge in [-0.25, -0.2) is 4.79 Å². The summed E-state index contributed by atoms with van der Waals surface area (Å²) in [5, 5.41) is 14.1. The van der Waals surface area contributed by atoms with Gasteiger partial charge in [-0.15, -0.1) is 5.11 Å². The molecule has 3 heterocycles. The van der Waals surface area contributed by atoms with Crippen molar-refractivity contribution in [1.29, 1.82) is 0 Å². The van der Waals surface area contributed by atoms with E-state index in [1.54, 1.807) is 24.5 Å². The van der Waals surface area contributed by atoms with Crippen molar-refractivity contribution in [2.45, 2.75) is 13.5 Å². The molecule has 1 aliphatic heterocycles. The highest BCUT2D eigenvalue weighted by molar-refractivity contribution is 5.88. The third kappa shape index (κ3) is 7.75. The molecule has 2 N–H and O–H groups in total. The Bertz CT molecular complexity index is 1130. The molecular weight excluding hydrogens is 446 g/mol. The van der Waals surface area contributed by atoms with Gasteiger partial charge in [-0.1, -0.05) is 29.8 Å². The third-order valence-electron chi connectivity index (χ3n) is 5.22. The van der Waals surface area contributed by atoms with Crippen molar-refractivity contribution < 1.29 is 14.3 Å². The van der Waals surface area contributed by atoms with E-state index in [1.165, 1.54) is 5.56 Å². The van der Waals surface area contributed by atoms with Gasteiger partial charge in [-0.3, -0.25) is 4.98 Å². The van der Waals surface area contributed by atoms with Crippen molar-refractivity contribution in [3.63, 3.8) is 0 Å². The number of carbonyl (C=O) groups excluding carboxylic acids is 1. The number of urea groups is 1. The van der Waals surface area contributed by atoms with E-state index in [0.29, 0.717) is 43.7 Å². The number of azo groups is 1. The van der Waals surface area contributed by atoms with E-state index in [4.69, 9.17) is 9.47 Å². The number of aromatic nitrogens is 2. The molecule has 0 unspecified atom stereocenters. The van der Waals surface area contributed by atoms with E-state index in [2.05, 4.69) is 54.8 Å². The van der Waals surface area contributed by atoms with Gasteiger partial charge in [0.2, 0.25) is 5.88 Å². The van der Waals surface area contributed by atoms with E-state index in [1.807, 2.05) is 24.3 Å². The van der Waals surface area contributed by atoms with Gasteiger partial charge in [0.15, 0.2) is 5.82 Å². The second-order valence-corrected chi connectivity index (χ2v) is 7.98. The van der Waals surface area contributed by atoms with E-state index in [0.717, 1.165) is 24.3 Å². The van der Waals surface area contributed by atoms with Gasteiger partial charge in [0, 0.05) is 37.1 Å². The highest BCUT2D eigenvalue weighted by atomic mass is 16.5. The van der Waals surface area contributed by atoms with Crippen molar-refractivity contribution in [2.24, 2.45) is 10.2 Å². The van der Waals surface area contributed by atoms with Crippen LogP contribution in [-0.2, 0) is 11.3 Å². The summed E-state index contributed by atoms with van der Waals surface area (Å²) in [5.74, 6) is 0.895. The molecule has 10 nitrogen and oxygen atoms in total. The van der Waals surface area contributed by atoms with Crippen LogP contribution >= 0.6 is 0 Å². The Hall–Kier alpha value is -4.05. The minimum Gasteiger partial charge on any atom is -0.476 e. The lowest BCUT2D eigenvalue weighted by atomic mass is 10.1. The quantitative estimate of drug-likeness (QED) is 0.356. The van der Waals surface area contributed by atoms with Crippen LogP contribution in [0.2, 0.25) is 0 Å². The van der Waals surface area contributed by atoms with Crippen LogP contribution in [0.15, 0.2) is 71.2 Å². The highest BCUT2D eigenvalue weighted by Gasteiger charge is 2.14. The number of nitrogens with one attached hydrogen (secondary N) is 2. The van der Waals surface area contributed by atoms with E-state index < -0.39 is 0 Å². The Morgan fingerprint density at radius 2 is 2.06 bits per heavy atom. The zero-order chi connectivity index (χ0) is 24.3. The maximum Gasteiger partial charge on any atom is 0.319 e. The number of ether oxygens (including phenoxy) is 2. The molecule has 1 aromatic carbocycles. The molecule has 2 aromatic heterocycles. The Morgan fingerprint density at radius 3 is 2.86 bits per heavy atom. The number of morpholine rings is 1. The average Bonchev–Trinajstić information content (AvgIpc) is 2.88. The number of hydrogen-bond donors (Lipinski definition) is 2. The smallest absolute Gasteiger partial charge is 0.319 e. The summed E-state index contributed by atoms with van der Waals surface area (Å²) in [6, 6.07) is 15.1. The summed E-state index contributed by atoms with van der Waals surface area (Å²) in [6.45, 7) is 5.96. The Balaban J connectivity index is 1.36. The first-order valence-corrected chi connectivity index (χ1v) is 11.5. The molecule has 2 amide bonds. The molecule has 0 spiro atoms. The number of nitrogens with zero attached hydrogens (tertiary/aromatic N) is 5. The predicted octanol–water partition coefficient (Wildman–Crippen LogP) is 4.11. The van der Waals surface area contributed by atoms with Crippen molar-refractivity contribution >= 4 is 23.2 Å². The molecule has 0 bridgehead atoms. The van der Waals surface area contributed by atoms with E-state index in [9.17, 15) is 4.79 Å². The lowest BCUT2D eigenvalue weighted by Gasteiger charge is -2.29. The van der Waals surface area contributed by atoms with Crippen LogP contribution in [-0.4, -0.2) is 55.5 Å². The summed E-state index contributed by atoms with van der Waals surface area (Å²) >= 11 is 0. The number of rotatable bonds is 9. The standard InChI is InChI=1S/C25H29N7O3/c1-19-4-2-5-20(14-19)17-28-31-23-15-22(32-9-12-34-13-10-32)16-24(30-23)35-11-8-27-25(33)29-21-6-3-7-26-18-21/h2-7,14-16,18H,8-13,17H2,1H3,(H2,27,29,33). The maximum absolute atomic E-state index is 12.0. The highest BCUT2D eigenvalue weighted by Crippen LogP contribution is 2.26. The molecule has 0 aliphatic carbocycles. The van der Waals surface area contributed by atoms with Crippen LogP contribution in [0.1, 0.15) is 11.1 Å². The van der Waals surface area contributed by atoms with Crippen molar-refractivity contribution in [2.75, 3.05) is 49.7 Å². The van der Waals surface area contributed by atoms with Gasteiger partial charge in [0.05, 0.1) is 38.2 Å². The van der Waals surface area contributed by atoms with Gasteiger partial charge in [-0.05, 0) is 24.6 Å². The normalized spacial score (nSPS) is 13.6. The van der Waals surface area contributed by atoms with Crippen molar-refractivity contribution in [3.8, 4) is 5.88 Å². The van der Waals surface area contributed by atoms with Crippen molar-refractivity contribution in [3.05, 3.63) is 72.1 Å². The fourth-order valence-electron chi connectivity index (χ4n) is 3.54. The zero-order valence-corrected chi connectivity index (χ0v) is 19.7. The van der Waals surface area contributed by atoms with E-state index in [-0.39, 0.29) is 12.6 Å². The van der Waals surface area contributed by atoms with Crippen molar-refractivity contribution in [1.82, 2.24) is 15.3 Å². The molecule has 4 rings (SSSR count). The summed E-state index contributed by atoms with van der Waals surface area (Å²) in [6.07, 6.45) is 3.22. The molecule has 1 saturated heterocycles. The van der Waals surface area contributed by atoms with Crippen LogP contribution in [0, 0.1) is 6.92 Å². The van der Waals surface area contributed by atoms with E-state index >= 15 is 0 Å². The molecule has 1 aliphatic rings. The minimum atomic E-state index is -0.331. The summed E-state index contributed by atoms with van der Waals surface area (Å²) in [7, 11) is 0. The summed E-state index contributed by atoms with van der Waals surface area (Å²) in [4.78, 5) is 22.7. The Kier molecular flexibility index (Phi) is 8.55. The number of carbonyl (C=O) groups is 1. The number of hydrogen-bond acceptors (Lipinski definition) is 8.